The van der Waals surface area contributed by atoms with Crippen LogP contribution in [0.25, 0.3) is 0 Å². The molecule has 144 valence electrons. The maximum atomic E-state index is 12.9. The number of hydrogen-bond acceptors (Lipinski definition) is 4. The third kappa shape index (κ3) is 3.43. The molecule has 1 heterocycles. The van der Waals surface area contributed by atoms with Crippen LogP contribution in [0.3, 0.4) is 0 Å². The van der Waals surface area contributed by atoms with E-state index in [1.54, 1.807) is 18.4 Å². The lowest BCUT2D eigenvalue weighted by Crippen LogP contribution is -2.43. The van der Waals surface area contributed by atoms with Gasteiger partial charge < -0.3 is 15.0 Å². The zero-order chi connectivity index (χ0) is 19.0. The average molecular weight is 386 g/mol. The highest BCUT2D eigenvalue weighted by molar-refractivity contribution is 7.11. The van der Waals surface area contributed by atoms with Crippen molar-refractivity contribution < 1.29 is 9.53 Å². The molecule has 2 amide bonds. The minimum atomic E-state index is 0.0000704. The zero-order valence-electron chi connectivity index (χ0n) is 16.2. The summed E-state index contributed by atoms with van der Waals surface area (Å²) >= 11 is 1.73. The molecule has 0 bridgehead atoms. The third-order valence-corrected chi connectivity index (χ3v) is 7.04. The minimum absolute atomic E-state index is 0.0000704. The van der Waals surface area contributed by atoms with Crippen molar-refractivity contribution in [3.8, 4) is 5.75 Å². The van der Waals surface area contributed by atoms with Crippen molar-refractivity contribution in [2.45, 2.75) is 50.5 Å². The Kier molecular flexibility index (Phi) is 4.84. The largest absolute Gasteiger partial charge is 0.496 e. The second-order valence-corrected chi connectivity index (χ2v) is 8.94. The van der Waals surface area contributed by atoms with E-state index in [0.29, 0.717) is 6.54 Å². The predicted octanol–water partition coefficient (Wildman–Crippen LogP) is 4.21. The number of ether oxygens (including phenoxy) is 1. The van der Waals surface area contributed by atoms with Gasteiger partial charge in [0.2, 0.25) is 0 Å². The molecular weight excluding hydrogens is 358 g/mol. The summed E-state index contributed by atoms with van der Waals surface area (Å²) in [7, 11) is 3.62. The van der Waals surface area contributed by atoms with Gasteiger partial charge in [-0.2, -0.15) is 0 Å². The normalized spacial score (nSPS) is 19.9. The fourth-order valence-electron chi connectivity index (χ4n) is 4.17. The lowest BCUT2D eigenvalue weighted by Gasteiger charge is -2.31. The van der Waals surface area contributed by atoms with Crippen LogP contribution in [-0.4, -0.2) is 36.6 Å². The lowest BCUT2D eigenvalue weighted by molar-refractivity contribution is 0.184. The Morgan fingerprint density at radius 2 is 2.19 bits per heavy atom. The van der Waals surface area contributed by atoms with Crippen LogP contribution in [0.15, 0.2) is 24.3 Å². The highest BCUT2D eigenvalue weighted by Crippen LogP contribution is 2.50. The maximum absolute atomic E-state index is 12.9. The van der Waals surface area contributed by atoms with Crippen molar-refractivity contribution >= 4 is 17.4 Å². The molecular formula is C21H27N3O2S. The van der Waals surface area contributed by atoms with Gasteiger partial charge in [-0.1, -0.05) is 18.2 Å². The number of rotatable bonds is 5. The molecule has 0 spiro atoms. The van der Waals surface area contributed by atoms with E-state index in [0.717, 1.165) is 42.9 Å². The highest BCUT2D eigenvalue weighted by Gasteiger charge is 2.46. The molecule has 1 fully saturated rings. The van der Waals surface area contributed by atoms with Crippen molar-refractivity contribution in [3.63, 3.8) is 0 Å². The Hall–Kier alpha value is -2.08. The van der Waals surface area contributed by atoms with Crippen molar-refractivity contribution in [1.82, 2.24) is 15.2 Å². The Morgan fingerprint density at radius 1 is 1.41 bits per heavy atom. The smallest absolute Gasteiger partial charge is 0.317 e. The summed E-state index contributed by atoms with van der Waals surface area (Å²) in [5, 5.41) is 4.28. The second kappa shape index (κ2) is 7.15. The van der Waals surface area contributed by atoms with Crippen LogP contribution < -0.4 is 10.1 Å². The van der Waals surface area contributed by atoms with Crippen molar-refractivity contribution in [1.29, 1.82) is 0 Å². The third-order valence-electron chi connectivity index (χ3n) is 5.93. The van der Waals surface area contributed by atoms with Crippen LogP contribution in [-0.2, 0) is 11.8 Å². The van der Waals surface area contributed by atoms with Gasteiger partial charge in [0.05, 0.1) is 28.7 Å². The summed E-state index contributed by atoms with van der Waals surface area (Å²) in [6, 6.07) is 8.29. The first kappa shape index (κ1) is 18.3. The Balaban J connectivity index is 1.44. The van der Waals surface area contributed by atoms with Crippen molar-refractivity contribution in [2.24, 2.45) is 0 Å². The summed E-state index contributed by atoms with van der Waals surface area (Å²) < 4.78 is 5.53. The van der Waals surface area contributed by atoms with Gasteiger partial charge >= 0.3 is 6.03 Å². The van der Waals surface area contributed by atoms with E-state index < -0.39 is 0 Å². The van der Waals surface area contributed by atoms with E-state index in [-0.39, 0.29) is 17.5 Å². The Morgan fingerprint density at radius 3 is 2.93 bits per heavy atom. The number of thiazole rings is 1. The molecule has 27 heavy (non-hydrogen) atoms. The highest BCUT2D eigenvalue weighted by atomic mass is 32.1. The molecule has 4 rings (SSSR count). The van der Waals surface area contributed by atoms with Crippen LogP contribution in [0.1, 0.15) is 52.9 Å². The molecule has 1 atom stereocenters. The van der Waals surface area contributed by atoms with E-state index in [2.05, 4.69) is 16.4 Å². The predicted molar refractivity (Wildman–Crippen MR) is 108 cm³/mol. The summed E-state index contributed by atoms with van der Waals surface area (Å²) in [6.45, 7) is 2.70. The first-order valence-electron chi connectivity index (χ1n) is 9.64. The first-order chi connectivity index (χ1) is 13.0. The van der Waals surface area contributed by atoms with Crippen molar-refractivity contribution in [3.05, 3.63) is 45.4 Å². The van der Waals surface area contributed by atoms with Crippen molar-refractivity contribution in [2.75, 3.05) is 20.7 Å². The van der Waals surface area contributed by atoms with Gasteiger partial charge in [0, 0.05) is 24.6 Å². The molecule has 0 saturated heterocycles. The molecule has 5 nitrogen and oxygen atoms in total. The maximum Gasteiger partial charge on any atom is 0.317 e. The van der Waals surface area contributed by atoms with E-state index in [4.69, 9.17) is 4.74 Å². The number of methoxy groups -OCH3 is 1. The van der Waals surface area contributed by atoms with E-state index in [1.165, 1.54) is 16.1 Å². The molecule has 2 aliphatic carbocycles. The van der Waals surface area contributed by atoms with Crippen LogP contribution >= 0.6 is 11.3 Å². The number of carbonyl (C=O) groups is 1. The topological polar surface area (TPSA) is 54.5 Å². The van der Waals surface area contributed by atoms with Crippen LogP contribution in [0, 0.1) is 6.92 Å². The summed E-state index contributed by atoms with van der Waals surface area (Å²) in [5.41, 5.74) is 2.40. The first-order valence-corrected chi connectivity index (χ1v) is 10.5. The standard InChI is InChI=1S/C21H27N3O2S/c1-14-23-16-8-6-9-17(19(16)27-14)24(2)20(25)22-13-21(11-12-21)15-7-4-5-10-18(15)26-3/h4-5,7,10,17H,6,8-9,11-13H2,1-3H3,(H,22,25). The number of para-hydroxylation sites is 1. The Bertz CT molecular complexity index is 844. The molecule has 1 aromatic heterocycles. The molecule has 1 aromatic carbocycles. The monoisotopic (exact) mass is 385 g/mol. The quantitative estimate of drug-likeness (QED) is 0.839. The molecule has 2 aliphatic rings. The van der Waals surface area contributed by atoms with Crippen LogP contribution in [0.5, 0.6) is 5.75 Å². The van der Waals surface area contributed by atoms with Gasteiger partial charge in [0.1, 0.15) is 5.75 Å². The lowest BCUT2D eigenvalue weighted by atomic mass is 9.95. The summed E-state index contributed by atoms with van der Waals surface area (Å²) in [6.07, 6.45) is 5.29. The molecule has 6 heteroatoms. The van der Waals surface area contributed by atoms with Gasteiger partial charge in [-0.05, 0) is 45.1 Å². The number of hydrogen-bond donors (Lipinski definition) is 1. The van der Waals surface area contributed by atoms with E-state index in [9.17, 15) is 4.79 Å². The fraction of sp³-hybridized carbons (Fsp3) is 0.524. The molecule has 0 radical (unpaired) electrons. The number of carbonyl (C=O) groups excluding carboxylic acids is 1. The number of benzene rings is 1. The number of amides is 2. The van der Waals surface area contributed by atoms with E-state index in [1.807, 2.05) is 37.1 Å². The van der Waals surface area contributed by atoms with Crippen LogP contribution in [0.2, 0.25) is 0 Å². The molecule has 2 aromatic rings. The molecule has 1 N–H and O–H groups in total. The minimum Gasteiger partial charge on any atom is -0.496 e. The van der Waals surface area contributed by atoms with Gasteiger partial charge in [-0.15, -0.1) is 11.3 Å². The summed E-state index contributed by atoms with van der Waals surface area (Å²) in [5.74, 6) is 0.912. The summed E-state index contributed by atoms with van der Waals surface area (Å²) in [4.78, 5) is 20.7. The number of fused-ring (bicyclic) bond motifs is 1. The number of urea groups is 1. The van der Waals surface area contributed by atoms with Gasteiger partial charge in [0.25, 0.3) is 0 Å². The zero-order valence-corrected chi connectivity index (χ0v) is 17.1. The number of aromatic nitrogens is 1. The molecule has 0 aliphatic heterocycles. The second-order valence-electron chi connectivity index (χ2n) is 7.70. The molecule has 1 unspecified atom stereocenters. The number of nitrogens with zero attached hydrogens (tertiary/aromatic N) is 2. The van der Waals surface area contributed by atoms with Gasteiger partial charge in [0.15, 0.2) is 0 Å². The Labute approximate surface area is 164 Å². The van der Waals surface area contributed by atoms with Gasteiger partial charge in [-0.3, -0.25) is 0 Å². The van der Waals surface area contributed by atoms with Gasteiger partial charge in [-0.25, -0.2) is 9.78 Å². The fourth-order valence-corrected chi connectivity index (χ4v) is 5.33. The SMILES string of the molecule is COc1ccccc1C1(CNC(=O)N(C)C2CCCc3nc(C)sc32)CC1. The number of aryl methyl sites for hydroxylation is 2. The van der Waals surface area contributed by atoms with E-state index >= 15 is 0 Å². The van der Waals surface area contributed by atoms with Crippen LogP contribution in [0.4, 0.5) is 4.79 Å². The molecule has 1 saturated carbocycles. The number of nitrogens with one attached hydrogen (secondary N) is 1. The average Bonchev–Trinajstić information content (AvgIpc) is 3.38.